The number of methoxy groups -OCH3 is 1. The van der Waals surface area contributed by atoms with E-state index in [1.165, 1.54) is 11.3 Å². The van der Waals surface area contributed by atoms with E-state index in [4.69, 9.17) is 15.2 Å². The highest BCUT2D eigenvalue weighted by molar-refractivity contribution is 7.13. The van der Waals surface area contributed by atoms with Crippen molar-refractivity contribution < 1.29 is 20.0 Å². The van der Waals surface area contributed by atoms with E-state index >= 15 is 0 Å². The van der Waals surface area contributed by atoms with Gasteiger partial charge in [-0.15, -0.1) is 0 Å². The van der Waals surface area contributed by atoms with E-state index in [1.54, 1.807) is 7.11 Å². The van der Waals surface area contributed by atoms with Crippen molar-refractivity contribution >= 4 is 11.3 Å². The van der Waals surface area contributed by atoms with Gasteiger partial charge in [0.2, 0.25) is 0 Å². The molecule has 2 N–H and O–H groups in total. The summed E-state index contributed by atoms with van der Waals surface area (Å²) in [6.45, 7) is 2.04. The zero-order chi connectivity index (χ0) is 10.6. The minimum atomic E-state index is -0.298. The second kappa shape index (κ2) is 5.23. The number of ether oxygens (including phenoxy) is 1. The molecule has 1 heterocycles. The maximum atomic E-state index is 8.28. The third kappa shape index (κ3) is 3.20. The Morgan fingerprint density at radius 2 is 2.21 bits per heavy atom. The number of aromatic nitrogens is 1. The topological polar surface area (TPSA) is 75.1 Å². The van der Waals surface area contributed by atoms with Crippen LogP contribution in [0.1, 0.15) is 10.6 Å². The molecule has 1 aromatic heterocycles. The fraction of sp³-hybridized carbons (Fsp3) is 0.571. The van der Waals surface area contributed by atoms with Gasteiger partial charge in [0, 0.05) is 11.3 Å². The van der Waals surface area contributed by atoms with Gasteiger partial charge in [0.1, 0.15) is 0 Å². The number of aryl methyl sites for hydroxylation is 1. The van der Waals surface area contributed by atoms with Crippen molar-refractivity contribution in [1.82, 2.24) is 10.4 Å². The molecule has 1 rings (SSSR count). The molecular weight excluding hydrogens is 208 g/mol. The first-order valence-electron chi connectivity index (χ1n) is 3.94. The van der Waals surface area contributed by atoms with Crippen LogP contribution >= 0.6 is 11.3 Å². The van der Waals surface area contributed by atoms with Crippen molar-refractivity contribution in [2.45, 2.75) is 13.3 Å². The molecular formula is C7H12N2O4S. The summed E-state index contributed by atoms with van der Waals surface area (Å²) in [4.78, 5) is 9.56. The van der Waals surface area contributed by atoms with Crippen LogP contribution in [0.2, 0.25) is 0 Å². The first-order valence-corrected chi connectivity index (χ1v) is 4.76. The number of thiazole rings is 1. The largest absolute Gasteiger partial charge is 0.473 e. The molecule has 0 aliphatic carbocycles. The standard InChI is InChI=1S/C7H12N2O4S/c1-5-6(3-4-13-9(10)11)14-7(8-5)12-2/h10-11H,3-4H2,1-2H3. The molecule has 0 aromatic carbocycles. The van der Waals surface area contributed by atoms with Gasteiger partial charge >= 0.3 is 0 Å². The lowest BCUT2D eigenvalue weighted by molar-refractivity contribution is -0.492. The smallest absolute Gasteiger partial charge is 0.273 e. The van der Waals surface area contributed by atoms with E-state index in [-0.39, 0.29) is 12.0 Å². The van der Waals surface area contributed by atoms with Gasteiger partial charge in [0.25, 0.3) is 5.19 Å². The van der Waals surface area contributed by atoms with E-state index in [0.29, 0.717) is 11.6 Å². The van der Waals surface area contributed by atoms with Crippen LogP contribution < -0.4 is 4.74 Å². The highest BCUT2D eigenvalue weighted by atomic mass is 32.1. The van der Waals surface area contributed by atoms with Gasteiger partial charge in [-0.3, -0.25) is 15.3 Å². The van der Waals surface area contributed by atoms with Crippen LogP contribution in [0.25, 0.3) is 0 Å². The van der Waals surface area contributed by atoms with Gasteiger partial charge < -0.3 is 4.74 Å². The first kappa shape index (κ1) is 11.3. The lowest BCUT2D eigenvalue weighted by atomic mass is 10.3. The van der Waals surface area contributed by atoms with E-state index in [1.807, 2.05) is 6.92 Å². The highest BCUT2D eigenvalue weighted by Gasteiger charge is 2.07. The van der Waals surface area contributed by atoms with E-state index in [9.17, 15) is 0 Å². The molecule has 0 saturated carbocycles. The van der Waals surface area contributed by atoms with Crippen LogP contribution in [0, 0.1) is 6.92 Å². The van der Waals surface area contributed by atoms with Gasteiger partial charge in [-0.1, -0.05) is 11.3 Å². The second-order valence-corrected chi connectivity index (χ2v) is 3.57. The number of rotatable bonds is 5. The molecule has 0 saturated heterocycles. The lowest BCUT2D eigenvalue weighted by Gasteiger charge is -2.04. The summed E-state index contributed by atoms with van der Waals surface area (Å²) >= 11 is 1.42. The maximum Gasteiger partial charge on any atom is 0.273 e. The minimum absolute atomic E-state index is 0.180. The fourth-order valence-electron chi connectivity index (χ4n) is 0.941. The predicted octanol–water partition coefficient (Wildman–Crippen LogP) is 1.01. The molecule has 7 heteroatoms. The van der Waals surface area contributed by atoms with E-state index in [0.717, 1.165) is 10.6 Å². The summed E-state index contributed by atoms with van der Waals surface area (Å²) in [7, 11) is 1.56. The normalized spacial score (nSPS) is 10.9. The van der Waals surface area contributed by atoms with Crippen molar-refractivity contribution in [2.75, 3.05) is 13.7 Å². The zero-order valence-corrected chi connectivity index (χ0v) is 8.74. The van der Waals surface area contributed by atoms with E-state index in [2.05, 4.69) is 9.82 Å². The predicted molar refractivity (Wildman–Crippen MR) is 48.5 cm³/mol. The molecule has 14 heavy (non-hydrogen) atoms. The van der Waals surface area contributed by atoms with Crippen LogP contribution in [0.3, 0.4) is 0 Å². The molecule has 0 aliphatic rings. The Balaban J connectivity index is 2.45. The Hall–Kier alpha value is -0.730. The van der Waals surface area contributed by atoms with E-state index < -0.39 is 0 Å². The lowest BCUT2D eigenvalue weighted by Crippen LogP contribution is -2.16. The summed E-state index contributed by atoms with van der Waals surface area (Å²) in [5.74, 6) is 0. The van der Waals surface area contributed by atoms with Gasteiger partial charge in [-0.25, -0.2) is 4.98 Å². The quantitative estimate of drug-likeness (QED) is 0.721. The minimum Gasteiger partial charge on any atom is -0.473 e. The van der Waals surface area contributed by atoms with Crippen molar-refractivity contribution in [2.24, 2.45) is 0 Å². The Morgan fingerprint density at radius 3 is 2.71 bits per heavy atom. The second-order valence-electron chi connectivity index (χ2n) is 2.53. The first-order chi connectivity index (χ1) is 6.63. The average molecular weight is 220 g/mol. The third-order valence-electron chi connectivity index (χ3n) is 1.58. The molecule has 80 valence electrons. The van der Waals surface area contributed by atoms with Crippen molar-refractivity contribution in [3.05, 3.63) is 10.6 Å². The van der Waals surface area contributed by atoms with Crippen molar-refractivity contribution in [1.29, 1.82) is 0 Å². The average Bonchev–Trinajstić information content (AvgIpc) is 2.47. The van der Waals surface area contributed by atoms with Gasteiger partial charge in [-0.05, 0) is 6.92 Å². The Labute approximate surface area is 85.2 Å². The molecule has 0 amide bonds. The van der Waals surface area contributed by atoms with Crippen LogP contribution in [0.4, 0.5) is 0 Å². The van der Waals surface area contributed by atoms with Crippen LogP contribution in [0.5, 0.6) is 5.19 Å². The monoisotopic (exact) mass is 220 g/mol. The number of hydrogen-bond donors (Lipinski definition) is 2. The fourth-order valence-corrected chi connectivity index (χ4v) is 1.80. The SMILES string of the molecule is COc1nc(C)c(CCON(O)O)s1. The van der Waals surface area contributed by atoms with Crippen molar-refractivity contribution in [3.63, 3.8) is 0 Å². The number of hydrogen-bond acceptors (Lipinski definition) is 7. The van der Waals surface area contributed by atoms with Gasteiger partial charge in [0.15, 0.2) is 0 Å². The summed E-state index contributed by atoms with van der Waals surface area (Å²) in [5, 5.41) is 16.9. The van der Waals surface area contributed by atoms with Crippen LogP contribution in [0.15, 0.2) is 0 Å². The van der Waals surface area contributed by atoms with Crippen LogP contribution in [-0.4, -0.2) is 34.5 Å². The van der Waals surface area contributed by atoms with Gasteiger partial charge in [0.05, 0.1) is 24.8 Å². The summed E-state index contributed by atoms with van der Waals surface area (Å²) in [5.41, 5.74) is 0.873. The maximum absolute atomic E-state index is 8.28. The number of nitrogens with zero attached hydrogens (tertiary/aromatic N) is 2. The molecule has 0 radical (unpaired) electrons. The van der Waals surface area contributed by atoms with Gasteiger partial charge in [-0.2, -0.15) is 0 Å². The Kier molecular flexibility index (Phi) is 4.23. The summed E-state index contributed by atoms with van der Waals surface area (Å²) in [6.07, 6.45) is 0.560. The molecule has 1 aromatic rings. The molecule has 0 aliphatic heterocycles. The third-order valence-corrected chi connectivity index (χ3v) is 2.76. The highest BCUT2D eigenvalue weighted by Crippen LogP contribution is 2.24. The Bertz CT molecular complexity index is 289. The molecule has 0 spiro atoms. The molecule has 0 atom stereocenters. The summed E-state index contributed by atoms with van der Waals surface area (Å²) < 4.78 is 4.96. The molecule has 0 bridgehead atoms. The molecule has 0 fully saturated rings. The van der Waals surface area contributed by atoms with Crippen LogP contribution in [-0.2, 0) is 11.3 Å². The zero-order valence-electron chi connectivity index (χ0n) is 7.93. The Morgan fingerprint density at radius 1 is 1.50 bits per heavy atom. The summed E-state index contributed by atoms with van der Waals surface area (Å²) in [6, 6.07) is 0. The molecule has 0 unspecified atom stereocenters. The molecule has 6 nitrogen and oxygen atoms in total. The van der Waals surface area contributed by atoms with Crippen molar-refractivity contribution in [3.8, 4) is 5.19 Å².